The summed E-state index contributed by atoms with van der Waals surface area (Å²) in [6.07, 6.45) is -10.6. The van der Waals surface area contributed by atoms with E-state index in [9.17, 15) is 45.6 Å². The van der Waals surface area contributed by atoms with E-state index in [2.05, 4.69) is 0 Å². The van der Waals surface area contributed by atoms with Gasteiger partial charge in [0.15, 0.2) is 12.1 Å². The molecule has 2 aromatic rings. The molecule has 0 aliphatic carbocycles. The fourth-order valence-corrected chi connectivity index (χ4v) is 4.18. The molecule has 13 heteroatoms. The number of hydrogen-bond acceptors (Lipinski definition) is 13. The van der Waals surface area contributed by atoms with Crippen molar-refractivity contribution in [3.63, 3.8) is 0 Å². The predicted octanol–water partition coefficient (Wildman–Crippen LogP) is -0.631. The van der Waals surface area contributed by atoms with Crippen molar-refractivity contribution in [1.82, 2.24) is 0 Å². The van der Waals surface area contributed by atoms with Gasteiger partial charge in [0.2, 0.25) is 6.29 Å². The van der Waals surface area contributed by atoms with Crippen LogP contribution in [-0.2, 0) is 14.2 Å². The van der Waals surface area contributed by atoms with Crippen molar-refractivity contribution in [2.45, 2.75) is 62.2 Å². The van der Waals surface area contributed by atoms with Crippen LogP contribution in [0, 0.1) is 0 Å². The number of ketones is 1. The smallest absolute Gasteiger partial charge is 0.228 e. The fraction of sp³-hybridized carbons (Fsp3) is 0.423. The molecule has 2 aromatic carbocycles. The number of allylic oxidation sites excluding steroid dienone is 1. The van der Waals surface area contributed by atoms with E-state index in [4.69, 9.17) is 18.9 Å². The second kappa shape index (κ2) is 11.9. The highest BCUT2D eigenvalue weighted by molar-refractivity contribution is 6.10. The molecular weight excluding hydrogens is 520 g/mol. The number of phenols is 3. The second-order valence-corrected chi connectivity index (χ2v) is 9.28. The Labute approximate surface area is 222 Å². The minimum Gasteiger partial charge on any atom is -0.508 e. The maximum atomic E-state index is 12.9. The Morgan fingerprint density at radius 1 is 0.872 bits per heavy atom. The SMILES string of the molecule is C[C@@H]1O[C@H](O[C@H]2CO[C@@H](Oc3cc(O)cc(O)c3C(=O)C=Cc3ccc(O)cc3)[C@@H](O)[C@@H]2O)[C@@H](O)[C@@H](O)[C@H]1O. The topological polar surface area (TPSA) is 216 Å². The molecule has 0 aromatic heterocycles. The van der Waals surface area contributed by atoms with Crippen LogP contribution in [0.2, 0.25) is 0 Å². The summed E-state index contributed by atoms with van der Waals surface area (Å²) in [4.78, 5) is 12.9. The van der Waals surface area contributed by atoms with Crippen molar-refractivity contribution < 1.29 is 64.6 Å². The number of carbonyl (C=O) groups excluding carboxylic acids is 1. The number of carbonyl (C=O) groups is 1. The van der Waals surface area contributed by atoms with Crippen LogP contribution in [-0.4, -0.2) is 109 Å². The van der Waals surface area contributed by atoms with E-state index in [0.29, 0.717) is 5.56 Å². The van der Waals surface area contributed by atoms with E-state index in [-0.39, 0.29) is 17.1 Å². The lowest BCUT2D eigenvalue weighted by Crippen LogP contribution is -2.61. The summed E-state index contributed by atoms with van der Waals surface area (Å²) in [6.45, 7) is 1.06. The molecule has 2 aliphatic rings. The van der Waals surface area contributed by atoms with Crippen LogP contribution in [0.1, 0.15) is 22.8 Å². The maximum absolute atomic E-state index is 12.9. The van der Waals surface area contributed by atoms with Crippen LogP contribution >= 0.6 is 0 Å². The van der Waals surface area contributed by atoms with Gasteiger partial charge in [-0.25, -0.2) is 0 Å². The molecule has 0 saturated carbocycles. The third-order valence-electron chi connectivity index (χ3n) is 6.43. The van der Waals surface area contributed by atoms with Crippen LogP contribution in [0.3, 0.4) is 0 Å². The molecule has 4 rings (SSSR count). The number of phenolic OH excluding ortho intramolecular Hbond substituents is 3. The van der Waals surface area contributed by atoms with Crippen molar-refractivity contribution in [1.29, 1.82) is 0 Å². The largest absolute Gasteiger partial charge is 0.508 e. The summed E-state index contributed by atoms with van der Waals surface area (Å²) in [5.74, 6) is -2.09. The van der Waals surface area contributed by atoms with Crippen LogP contribution in [0.5, 0.6) is 23.0 Å². The van der Waals surface area contributed by atoms with E-state index in [1.165, 1.54) is 25.1 Å². The van der Waals surface area contributed by atoms with Gasteiger partial charge in [0, 0.05) is 12.1 Å². The average Bonchev–Trinajstić information content (AvgIpc) is 2.89. The zero-order valence-corrected chi connectivity index (χ0v) is 20.6. The molecular formula is C26H30O13. The summed E-state index contributed by atoms with van der Waals surface area (Å²) in [5.41, 5.74) is 0.220. The number of hydrogen-bond donors (Lipinski definition) is 8. The van der Waals surface area contributed by atoms with E-state index in [0.717, 1.165) is 18.2 Å². The maximum Gasteiger partial charge on any atom is 0.228 e. The molecule has 0 unspecified atom stereocenters. The fourth-order valence-electron chi connectivity index (χ4n) is 4.18. The second-order valence-electron chi connectivity index (χ2n) is 9.28. The van der Waals surface area contributed by atoms with Gasteiger partial charge < -0.3 is 59.8 Å². The van der Waals surface area contributed by atoms with Gasteiger partial charge in [-0.05, 0) is 30.7 Å². The molecule has 0 spiro atoms. The standard InChI is InChI=1S/C26H30O13/c1-11-20(31)22(33)24(35)26(37-11)39-18-10-36-25(23(34)21(18)32)38-17-9-14(28)8-16(30)19(17)15(29)7-4-12-2-5-13(27)6-3-12/h2-9,11,18,20-28,30-35H,10H2,1H3/t11-,18-,20-,21+,22-,23-,24-,25-,26+/m0/s1. The average molecular weight is 551 g/mol. The first-order valence-electron chi connectivity index (χ1n) is 12.0. The van der Waals surface area contributed by atoms with Gasteiger partial charge in [-0.3, -0.25) is 4.79 Å². The number of benzene rings is 2. The van der Waals surface area contributed by atoms with E-state index in [1.807, 2.05) is 0 Å². The summed E-state index contributed by atoms with van der Waals surface area (Å²) in [5, 5.41) is 80.9. The monoisotopic (exact) mass is 550 g/mol. The molecule has 0 amide bonds. The third kappa shape index (κ3) is 6.32. The zero-order chi connectivity index (χ0) is 28.4. The minimum atomic E-state index is -1.77. The summed E-state index contributed by atoms with van der Waals surface area (Å²) in [7, 11) is 0. The van der Waals surface area contributed by atoms with Gasteiger partial charge in [-0.15, -0.1) is 0 Å². The van der Waals surface area contributed by atoms with Crippen LogP contribution < -0.4 is 4.74 Å². The van der Waals surface area contributed by atoms with Crippen LogP contribution in [0.4, 0.5) is 0 Å². The quantitative estimate of drug-likeness (QED) is 0.159. The molecule has 2 fully saturated rings. The summed E-state index contributed by atoms with van der Waals surface area (Å²) >= 11 is 0. The lowest BCUT2D eigenvalue weighted by molar-refractivity contribution is -0.333. The van der Waals surface area contributed by atoms with Gasteiger partial charge in [0.05, 0.1) is 12.7 Å². The minimum absolute atomic E-state index is 0.0413. The molecule has 0 bridgehead atoms. The number of aliphatic hydroxyl groups is 5. The number of aliphatic hydroxyl groups excluding tert-OH is 5. The molecule has 39 heavy (non-hydrogen) atoms. The number of ether oxygens (including phenoxy) is 4. The molecule has 8 N–H and O–H groups in total. The predicted molar refractivity (Wildman–Crippen MR) is 131 cm³/mol. The Morgan fingerprint density at radius 2 is 1.54 bits per heavy atom. The third-order valence-corrected chi connectivity index (χ3v) is 6.43. The Kier molecular flexibility index (Phi) is 8.73. The molecule has 2 aliphatic heterocycles. The summed E-state index contributed by atoms with van der Waals surface area (Å²) < 4.78 is 21.9. The van der Waals surface area contributed by atoms with Crippen molar-refractivity contribution in [2.24, 2.45) is 0 Å². The van der Waals surface area contributed by atoms with Gasteiger partial charge in [0.1, 0.15) is 65.2 Å². The van der Waals surface area contributed by atoms with Gasteiger partial charge in [-0.1, -0.05) is 18.2 Å². The van der Waals surface area contributed by atoms with Gasteiger partial charge in [0.25, 0.3) is 0 Å². The Bertz CT molecular complexity index is 1180. The summed E-state index contributed by atoms with van der Waals surface area (Å²) in [6, 6.07) is 7.90. The zero-order valence-electron chi connectivity index (χ0n) is 20.6. The van der Waals surface area contributed by atoms with Gasteiger partial charge >= 0.3 is 0 Å². The van der Waals surface area contributed by atoms with Crippen molar-refractivity contribution >= 4 is 11.9 Å². The molecule has 9 atom stereocenters. The first-order valence-corrected chi connectivity index (χ1v) is 12.0. The molecule has 13 nitrogen and oxygen atoms in total. The van der Waals surface area contributed by atoms with E-state index in [1.54, 1.807) is 12.1 Å². The van der Waals surface area contributed by atoms with Crippen molar-refractivity contribution in [2.75, 3.05) is 6.61 Å². The van der Waals surface area contributed by atoms with Crippen molar-refractivity contribution in [3.05, 3.63) is 53.6 Å². The van der Waals surface area contributed by atoms with Crippen molar-refractivity contribution in [3.8, 4) is 23.0 Å². The molecule has 2 heterocycles. The molecule has 212 valence electrons. The van der Waals surface area contributed by atoms with E-state index < -0.39 is 79.2 Å². The Hall–Kier alpha value is -3.27. The lowest BCUT2D eigenvalue weighted by Gasteiger charge is -2.43. The number of aromatic hydroxyl groups is 3. The highest BCUT2D eigenvalue weighted by Gasteiger charge is 2.47. The number of rotatable bonds is 7. The lowest BCUT2D eigenvalue weighted by atomic mass is 9.99. The van der Waals surface area contributed by atoms with E-state index >= 15 is 0 Å². The van der Waals surface area contributed by atoms with Crippen LogP contribution in [0.15, 0.2) is 42.5 Å². The normalized spacial score (nSPS) is 33.2. The first kappa shape index (κ1) is 28.7. The highest BCUT2D eigenvalue weighted by Crippen LogP contribution is 2.36. The Morgan fingerprint density at radius 3 is 2.23 bits per heavy atom. The molecule has 0 radical (unpaired) electrons. The van der Waals surface area contributed by atoms with Gasteiger partial charge in [-0.2, -0.15) is 0 Å². The highest BCUT2D eigenvalue weighted by atomic mass is 16.7. The Balaban J connectivity index is 1.47. The van der Waals surface area contributed by atoms with Crippen LogP contribution in [0.25, 0.3) is 6.08 Å². The molecule has 2 saturated heterocycles. The first-order chi connectivity index (χ1) is 18.5.